The van der Waals surface area contributed by atoms with Crippen molar-refractivity contribution in [1.82, 2.24) is 10.1 Å². The molecule has 0 bridgehead atoms. The lowest BCUT2D eigenvalue weighted by atomic mass is 9.93. The average molecular weight is 266 g/mol. The van der Waals surface area contributed by atoms with Crippen LogP contribution in [0.25, 0.3) is 0 Å². The van der Waals surface area contributed by atoms with Gasteiger partial charge in [0.2, 0.25) is 5.91 Å². The molecule has 1 fully saturated rings. The Balaban J connectivity index is 1.80. The van der Waals surface area contributed by atoms with Crippen molar-refractivity contribution in [3.05, 3.63) is 17.5 Å². The minimum atomic E-state index is -0.761. The van der Waals surface area contributed by atoms with Crippen molar-refractivity contribution >= 4 is 11.9 Å². The number of nitrogens with zero attached hydrogens (tertiary/aromatic N) is 2. The monoisotopic (exact) mass is 266 g/mol. The first kappa shape index (κ1) is 13.6. The third-order valence-electron chi connectivity index (χ3n) is 3.44. The fourth-order valence-corrected chi connectivity index (χ4v) is 2.40. The Hall–Kier alpha value is -1.85. The third-order valence-corrected chi connectivity index (χ3v) is 3.44. The summed E-state index contributed by atoms with van der Waals surface area (Å²) >= 11 is 0. The predicted molar refractivity (Wildman–Crippen MR) is 66.5 cm³/mol. The number of aromatic nitrogens is 1. The van der Waals surface area contributed by atoms with Gasteiger partial charge in [0.15, 0.2) is 0 Å². The smallest absolute Gasteiger partial charge is 0.303 e. The van der Waals surface area contributed by atoms with Crippen LogP contribution in [0.3, 0.4) is 0 Å². The second-order valence-corrected chi connectivity index (χ2v) is 5.03. The third kappa shape index (κ3) is 3.81. The van der Waals surface area contributed by atoms with Gasteiger partial charge in [0, 0.05) is 25.6 Å². The van der Waals surface area contributed by atoms with E-state index < -0.39 is 5.97 Å². The standard InChI is InChI=1S/C13H18N2O4/c1-9-6-11(14-19-9)8-12(16)15-4-2-10(3-5-15)7-13(17)18/h6,10H,2-5,7-8H2,1H3,(H,17,18). The minimum Gasteiger partial charge on any atom is -0.481 e. The summed E-state index contributed by atoms with van der Waals surface area (Å²) in [6.07, 6.45) is 1.97. The molecule has 0 aromatic carbocycles. The Morgan fingerprint density at radius 1 is 1.47 bits per heavy atom. The number of aryl methyl sites for hydroxylation is 1. The lowest BCUT2D eigenvalue weighted by Gasteiger charge is -2.31. The van der Waals surface area contributed by atoms with Gasteiger partial charge in [0.05, 0.1) is 12.1 Å². The van der Waals surface area contributed by atoms with Crippen LogP contribution in [0.15, 0.2) is 10.6 Å². The number of piperidine rings is 1. The molecule has 19 heavy (non-hydrogen) atoms. The normalized spacial score (nSPS) is 16.6. The Labute approximate surface area is 111 Å². The zero-order valence-corrected chi connectivity index (χ0v) is 11.0. The van der Waals surface area contributed by atoms with Crippen molar-refractivity contribution in [1.29, 1.82) is 0 Å². The van der Waals surface area contributed by atoms with Crippen LogP contribution >= 0.6 is 0 Å². The zero-order valence-electron chi connectivity index (χ0n) is 11.0. The number of carbonyl (C=O) groups is 2. The highest BCUT2D eigenvalue weighted by Crippen LogP contribution is 2.21. The maximum atomic E-state index is 12.0. The molecular formula is C13H18N2O4. The second-order valence-electron chi connectivity index (χ2n) is 5.03. The van der Waals surface area contributed by atoms with Crippen molar-refractivity contribution in [2.24, 2.45) is 5.92 Å². The van der Waals surface area contributed by atoms with Gasteiger partial charge in [-0.2, -0.15) is 0 Å². The van der Waals surface area contributed by atoms with E-state index >= 15 is 0 Å². The van der Waals surface area contributed by atoms with Crippen molar-refractivity contribution < 1.29 is 19.2 Å². The molecule has 1 N–H and O–H groups in total. The van der Waals surface area contributed by atoms with Crippen molar-refractivity contribution in [2.75, 3.05) is 13.1 Å². The Kier molecular flexibility index (Phi) is 4.19. The topological polar surface area (TPSA) is 83.6 Å². The molecule has 1 aromatic heterocycles. The van der Waals surface area contributed by atoms with Gasteiger partial charge in [-0.1, -0.05) is 5.16 Å². The number of carboxylic acid groups (broad SMARTS) is 1. The van der Waals surface area contributed by atoms with E-state index in [4.69, 9.17) is 9.63 Å². The van der Waals surface area contributed by atoms with Crippen LogP contribution in [0.2, 0.25) is 0 Å². The SMILES string of the molecule is Cc1cc(CC(=O)N2CCC(CC(=O)O)CC2)no1. The molecule has 1 saturated heterocycles. The number of hydrogen-bond donors (Lipinski definition) is 1. The summed E-state index contributed by atoms with van der Waals surface area (Å²) in [5.74, 6) is 0.156. The van der Waals surface area contributed by atoms with Crippen molar-refractivity contribution in [3.63, 3.8) is 0 Å². The van der Waals surface area contributed by atoms with E-state index in [9.17, 15) is 9.59 Å². The van der Waals surface area contributed by atoms with E-state index in [1.165, 1.54) is 0 Å². The van der Waals surface area contributed by atoms with Gasteiger partial charge in [-0.25, -0.2) is 0 Å². The summed E-state index contributed by atoms with van der Waals surface area (Å²) in [5.41, 5.74) is 0.648. The summed E-state index contributed by atoms with van der Waals surface area (Å²) in [4.78, 5) is 24.4. The molecule has 1 amide bonds. The Morgan fingerprint density at radius 3 is 2.68 bits per heavy atom. The molecule has 0 saturated carbocycles. The quantitative estimate of drug-likeness (QED) is 0.886. The summed E-state index contributed by atoms with van der Waals surface area (Å²) in [7, 11) is 0. The van der Waals surface area contributed by atoms with Crippen LogP contribution in [-0.4, -0.2) is 40.1 Å². The summed E-state index contributed by atoms with van der Waals surface area (Å²) in [6, 6.07) is 1.76. The molecule has 2 rings (SSSR count). The van der Waals surface area contributed by atoms with Gasteiger partial charge in [0.1, 0.15) is 5.76 Å². The van der Waals surface area contributed by atoms with Crippen molar-refractivity contribution in [2.45, 2.75) is 32.6 Å². The van der Waals surface area contributed by atoms with Gasteiger partial charge in [-0.15, -0.1) is 0 Å². The molecule has 0 spiro atoms. The van der Waals surface area contributed by atoms with Crippen molar-refractivity contribution in [3.8, 4) is 0 Å². The second kappa shape index (κ2) is 5.86. The van der Waals surface area contributed by atoms with Gasteiger partial charge in [-0.05, 0) is 25.7 Å². The summed E-state index contributed by atoms with van der Waals surface area (Å²) in [6.45, 7) is 3.06. The molecule has 0 aliphatic carbocycles. The van der Waals surface area contributed by atoms with E-state index in [-0.39, 0.29) is 24.7 Å². The van der Waals surface area contributed by atoms with E-state index in [2.05, 4.69) is 5.16 Å². The number of rotatable bonds is 4. The van der Waals surface area contributed by atoms with Crippen LogP contribution in [0, 0.1) is 12.8 Å². The molecule has 1 aliphatic rings. The van der Waals surface area contributed by atoms with Crippen LogP contribution in [0.4, 0.5) is 0 Å². The molecule has 2 heterocycles. The highest BCUT2D eigenvalue weighted by atomic mass is 16.5. The van der Waals surface area contributed by atoms with E-state index in [0.717, 1.165) is 12.8 Å². The van der Waals surface area contributed by atoms with Gasteiger partial charge in [0.25, 0.3) is 0 Å². The summed E-state index contributed by atoms with van der Waals surface area (Å²) < 4.78 is 4.93. The first-order chi connectivity index (χ1) is 9.04. The van der Waals surface area contributed by atoms with Gasteiger partial charge in [-0.3, -0.25) is 9.59 Å². The van der Waals surface area contributed by atoms with E-state index in [1.54, 1.807) is 17.9 Å². The number of aliphatic carboxylic acids is 1. The molecular weight excluding hydrogens is 248 g/mol. The lowest BCUT2D eigenvalue weighted by molar-refractivity contribution is -0.138. The van der Waals surface area contributed by atoms with E-state index in [1.807, 2.05) is 0 Å². The molecule has 0 radical (unpaired) electrons. The fraction of sp³-hybridized carbons (Fsp3) is 0.615. The highest BCUT2D eigenvalue weighted by Gasteiger charge is 2.24. The van der Waals surface area contributed by atoms with Crippen LogP contribution < -0.4 is 0 Å². The summed E-state index contributed by atoms with van der Waals surface area (Å²) in [5, 5.41) is 12.5. The molecule has 0 unspecified atom stereocenters. The molecule has 1 aromatic rings. The Morgan fingerprint density at radius 2 is 2.16 bits per heavy atom. The molecule has 1 aliphatic heterocycles. The zero-order chi connectivity index (χ0) is 13.8. The maximum Gasteiger partial charge on any atom is 0.303 e. The number of likely N-dealkylation sites (tertiary alicyclic amines) is 1. The first-order valence-electron chi connectivity index (χ1n) is 6.46. The first-order valence-corrected chi connectivity index (χ1v) is 6.46. The number of carboxylic acids is 1. The largest absolute Gasteiger partial charge is 0.481 e. The van der Waals surface area contributed by atoms with Gasteiger partial charge < -0.3 is 14.5 Å². The minimum absolute atomic E-state index is 0.0297. The Bertz CT molecular complexity index is 461. The molecule has 6 heteroatoms. The van der Waals surface area contributed by atoms with Gasteiger partial charge >= 0.3 is 5.97 Å². The lowest BCUT2D eigenvalue weighted by Crippen LogP contribution is -2.39. The maximum absolute atomic E-state index is 12.0. The number of amides is 1. The highest BCUT2D eigenvalue weighted by molar-refractivity contribution is 5.78. The van der Waals surface area contributed by atoms with Crippen LogP contribution in [0.1, 0.15) is 30.7 Å². The van der Waals surface area contributed by atoms with Crippen LogP contribution in [0.5, 0.6) is 0 Å². The number of carbonyl (C=O) groups excluding carboxylic acids is 1. The molecule has 104 valence electrons. The fourth-order valence-electron chi connectivity index (χ4n) is 2.40. The predicted octanol–water partition coefficient (Wildman–Crippen LogP) is 1.24. The number of hydrogen-bond acceptors (Lipinski definition) is 4. The average Bonchev–Trinajstić information content (AvgIpc) is 2.75. The molecule has 0 atom stereocenters. The van der Waals surface area contributed by atoms with Crippen LogP contribution in [-0.2, 0) is 16.0 Å². The van der Waals surface area contributed by atoms with E-state index in [0.29, 0.717) is 24.5 Å². The molecule has 6 nitrogen and oxygen atoms in total.